The zero-order valence-electron chi connectivity index (χ0n) is 11.4. The van der Waals surface area contributed by atoms with Gasteiger partial charge >= 0.3 is 5.97 Å². The second kappa shape index (κ2) is 3.84. The Bertz CT molecular complexity index is 409. The molecule has 0 bridgehead atoms. The van der Waals surface area contributed by atoms with Gasteiger partial charge in [-0.2, -0.15) is 0 Å². The maximum atomic E-state index is 12.2. The Labute approximate surface area is 107 Å². The summed E-state index contributed by atoms with van der Waals surface area (Å²) in [5, 5.41) is 11.8. The zero-order valence-corrected chi connectivity index (χ0v) is 11.4. The SMILES string of the molecule is CC1(C)C(C(=O)NC2C=CC(C(=O)O)C2)C1(C)C. The normalized spacial score (nSPS) is 32.2. The van der Waals surface area contributed by atoms with Crippen molar-refractivity contribution in [3.05, 3.63) is 12.2 Å². The van der Waals surface area contributed by atoms with Gasteiger partial charge in [0.2, 0.25) is 5.91 Å². The number of hydrogen-bond donors (Lipinski definition) is 2. The van der Waals surface area contributed by atoms with Crippen LogP contribution in [0.15, 0.2) is 12.2 Å². The van der Waals surface area contributed by atoms with Gasteiger partial charge in [-0.3, -0.25) is 9.59 Å². The molecule has 2 aliphatic rings. The summed E-state index contributed by atoms with van der Waals surface area (Å²) in [5.74, 6) is -1.22. The molecule has 1 fully saturated rings. The minimum Gasteiger partial charge on any atom is -0.481 e. The van der Waals surface area contributed by atoms with Gasteiger partial charge in [0, 0.05) is 12.0 Å². The molecule has 0 aromatic heterocycles. The van der Waals surface area contributed by atoms with E-state index < -0.39 is 11.9 Å². The monoisotopic (exact) mass is 251 g/mol. The molecule has 2 aliphatic carbocycles. The van der Waals surface area contributed by atoms with Gasteiger partial charge in [-0.1, -0.05) is 39.8 Å². The number of rotatable bonds is 3. The Balaban J connectivity index is 1.92. The number of hydrogen-bond acceptors (Lipinski definition) is 2. The van der Waals surface area contributed by atoms with Crippen LogP contribution in [0.5, 0.6) is 0 Å². The van der Waals surface area contributed by atoms with Gasteiger partial charge in [0.15, 0.2) is 0 Å². The molecule has 4 nitrogen and oxygen atoms in total. The summed E-state index contributed by atoms with van der Waals surface area (Å²) in [6.45, 7) is 8.40. The molecule has 4 heteroatoms. The van der Waals surface area contributed by atoms with E-state index in [0.29, 0.717) is 6.42 Å². The molecule has 1 amide bonds. The lowest BCUT2D eigenvalue weighted by molar-refractivity contribution is -0.140. The molecule has 0 radical (unpaired) electrons. The summed E-state index contributed by atoms with van der Waals surface area (Å²) < 4.78 is 0. The number of aliphatic carboxylic acids is 1. The van der Waals surface area contributed by atoms with Crippen molar-refractivity contribution < 1.29 is 14.7 Å². The third-order valence-electron chi connectivity index (χ3n) is 5.01. The molecule has 0 aromatic carbocycles. The fourth-order valence-electron chi connectivity index (χ4n) is 3.11. The van der Waals surface area contributed by atoms with Crippen LogP contribution >= 0.6 is 0 Å². The number of carboxylic acids is 1. The number of carbonyl (C=O) groups excluding carboxylic acids is 1. The summed E-state index contributed by atoms with van der Waals surface area (Å²) in [7, 11) is 0. The maximum absolute atomic E-state index is 12.2. The van der Waals surface area contributed by atoms with Crippen LogP contribution in [0.3, 0.4) is 0 Å². The number of carboxylic acid groups (broad SMARTS) is 1. The van der Waals surface area contributed by atoms with Gasteiger partial charge in [0.05, 0.1) is 5.92 Å². The first-order valence-corrected chi connectivity index (χ1v) is 6.39. The average molecular weight is 251 g/mol. The van der Waals surface area contributed by atoms with E-state index in [0.717, 1.165) is 0 Å². The molecular formula is C14H21NO3. The van der Waals surface area contributed by atoms with Crippen LogP contribution in [-0.2, 0) is 9.59 Å². The average Bonchev–Trinajstić information content (AvgIpc) is 2.60. The van der Waals surface area contributed by atoms with Crippen LogP contribution in [-0.4, -0.2) is 23.0 Å². The van der Waals surface area contributed by atoms with E-state index >= 15 is 0 Å². The first-order valence-electron chi connectivity index (χ1n) is 6.39. The highest BCUT2D eigenvalue weighted by Crippen LogP contribution is 2.68. The first-order chi connectivity index (χ1) is 8.18. The predicted octanol–water partition coefficient (Wildman–Crippen LogP) is 1.81. The molecule has 2 atom stereocenters. The van der Waals surface area contributed by atoms with Gasteiger partial charge < -0.3 is 10.4 Å². The van der Waals surface area contributed by atoms with Crippen LogP contribution in [0.4, 0.5) is 0 Å². The molecule has 2 unspecified atom stereocenters. The van der Waals surface area contributed by atoms with Gasteiger partial charge in [-0.25, -0.2) is 0 Å². The van der Waals surface area contributed by atoms with Crippen molar-refractivity contribution >= 4 is 11.9 Å². The summed E-state index contributed by atoms with van der Waals surface area (Å²) in [4.78, 5) is 23.0. The van der Waals surface area contributed by atoms with E-state index in [4.69, 9.17) is 5.11 Å². The Morgan fingerprint density at radius 2 is 1.72 bits per heavy atom. The van der Waals surface area contributed by atoms with Crippen molar-refractivity contribution in [2.45, 2.75) is 40.2 Å². The van der Waals surface area contributed by atoms with Crippen LogP contribution in [0.1, 0.15) is 34.1 Å². The van der Waals surface area contributed by atoms with Crippen molar-refractivity contribution in [1.82, 2.24) is 5.32 Å². The molecule has 0 saturated heterocycles. The third kappa shape index (κ3) is 1.84. The summed E-state index contributed by atoms with van der Waals surface area (Å²) in [6.07, 6.45) is 3.92. The molecule has 0 aliphatic heterocycles. The van der Waals surface area contributed by atoms with Gasteiger partial charge in [-0.15, -0.1) is 0 Å². The lowest BCUT2D eigenvalue weighted by atomic mass is 10.0. The number of carbonyl (C=O) groups is 2. The van der Waals surface area contributed by atoms with Crippen molar-refractivity contribution in [3.63, 3.8) is 0 Å². The molecule has 100 valence electrons. The second-order valence-electron chi connectivity index (χ2n) is 6.56. The van der Waals surface area contributed by atoms with E-state index in [1.807, 2.05) is 0 Å². The standard InChI is InChI=1S/C14H21NO3/c1-13(2)10(14(13,3)4)11(16)15-9-6-5-8(7-9)12(17)18/h5-6,8-10H,7H2,1-4H3,(H,15,16)(H,17,18). The molecule has 0 aromatic rings. The van der Waals surface area contributed by atoms with E-state index in [1.165, 1.54) is 0 Å². The van der Waals surface area contributed by atoms with Crippen LogP contribution in [0.25, 0.3) is 0 Å². The summed E-state index contributed by atoms with van der Waals surface area (Å²) >= 11 is 0. The fourth-order valence-corrected chi connectivity index (χ4v) is 3.11. The van der Waals surface area contributed by atoms with Crippen molar-refractivity contribution in [2.75, 3.05) is 0 Å². The topological polar surface area (TPSA) is 66.4 Å². The molecule has 2 N–H and O–H groups in total. The molecule has 0 spiro atoms. The Kier molecular flexibility index (Phi) is 2.80. The van der Waals surface area contributed by atoms with Gasteiger partial charge in [0.1, 0.15) is 0 Å². The van der Waals surface area contributed by atoms with Crippen LogP contribution in [0, 0.1) is 22.7 Å². The highest BCUT2D eigenvalue weighted by atomic mass is 16.4. The summed E-state index contributed by atoms with van der Waals surface area (Å²) in [6, 6.07) is -0.134. The minimum atomic E-state index is -0.824. The minimum absolute atomic E-state index is 0.0160. The van der Waals surface area contributed by atoms with E-state index in [2.05, 4.69) is 33.0 Å². The van der Waals surface area contributed by atoms with Gasteiger partial charge in [-0.05, 0) is 17.3 Å². The maximum Gasteiger partial charge on any atom is 0.310 e. The fraction of sp³-hybridized carbons (Fsp3) is 0.714. The largest absolute Gasteiger partial charge is 0.481 e. The molecule has 1 saturated carbocycles. The van der Waals surface area contributed by atoms with Crippen LogP contribution in [0.2, 0.25) is 0 Å². The Morgan fingerprint density at radius 3 is 2.11 bits per heavy atom. The van der Waals surface area contributed by atoms with Crippen molar-refractivity contribution in [1.29, 1.82) is 0 Å². The molecular weight excluding hydrogens is 230 g/mol. The number of amides is 1. The van der Waals surface area contributed by atoms with E-state index in [-0.39, 0.29) is 28.7 Å². The highest BCUT2D eigenvalue weighted by molar-refractivity contribution is 5.85. The molecule has 0 heterocycles. The van der Waals surface area contributed by atoms with Gasteiger partial charge in [0.25, 0.3) is 0 Å². The predicted molar refractivity (Wildman–Crippen MR) is 67.9 cm³/mol. The zero-order chi connectivity index (χ0) is 13.7. The van der Waals surface area contributed by atoms with Crippen LogP contribution < -0.4 is 5.32 Å². The smallest absolute Gasteiger partial charge is 0.310 e. The molecule has 2 rings (SSSR count). The lowest BCUT2D eigenvalue weighted by Crippen LogP contribution is -2.35. The third-order valence-corrected chi connectivity index (χ3v) is 5.01. The lowest BCUT2D eigenvalue weighted by Gasteiger charge is -2.13. The van der Waals surface area contributed by atoms with E-state index in [9.17, 15) is 9.59 Å². The first kappa shape index (κ1) is 13.1. The summed E-state index contributed by atoms with van der Waals surface area (Å²) in [5.41, 5.74) is 0.0389. The number of nitrogens with one attached hydrogen (secondary N) is 1. The quantitative estimate of drug-likeness (QED) is 0.752. The molecule has 18 heavy (non-hydrogen) atoms. The van der Waals surface area contributed by atoms with Crippen molar-refractivity contribution in [3.8, 4) is 0 Å². The van der Waals surface area contributed by atoms with E-state index in [1.54, 1.807) is 12.2 Å². The van der Waals surface area contributed by atoms with Crippen molar-refractivity contribution in [2.24, 2.45) is 22.7 Å². The Morgan fingerprint density at radius 1 is 1.17 bits per heavy atom. The Hall–Kier alpha value is -1.32. The highest BCUT2D eigenvalue weighted by Gasteiger charge is 2.68. The second-order valence-corrected chi connectivity index (χ2v) is 6.56.